The molecule has 0 bridgehead atoms. The van der Waals surface area contributed by atoms with Gasteiger partial charge in [0.1, 0.15) is 5.75 Å². The molecular formula is C22H32N2O6S. The summed E-state index contributed by atoms with van der Waals surface area (Å²) in [5, 5.41) is 0. The number of esters is 1. The van der Waals surface area contributed by atoms with E-state index in [-0.39, 0.29) is 28.6 Å². The second-order valence-electron chi connectivity index (χ2n) is 7.93. The first kappa shape index (κ1) is 23.5. The summed E-state index contributed by atoms with van der Waals surface area (Å²) in [6.07, 6.45) is 2.25. The van der Waals surface area contributed by atoms with Crippen LogP contribution in [0.25, 0.3) is 0 Å². The van der Waals surface area contributed by atoms with Gasteiger partial charge in [-0.05, 0) is 63.8 Å². The van der Waals surface area contributed by atoms with Crippen molar-refractivity contribution in [2.45, 2.75) is 44.4 Å². The highest BCUT2D eigenvalue weighted by molar-refractivity contribution is 7.89. The van der Waals surface area contributed by atoms with Crippen LogP contribution in [-0.4, -0.2) is 68.9 Å². The van der Waals surface area contributed by atoms with Gasteiger partial charge in [0.2, 0.25) is 15.9 Å². The van der Waals surface area contributed by atoms with E-state index in [0.717, 1.165) is 0 Å². The SMILES string of the molecule is CCOC(=O)C1CCN(C(=O)C2CCN(S(=O)(=O)c3ccc(OCC)cc3)CC2)CC1. The first-order chi connectivity index (χ1) is 14.9. The monoisotopic (exact) mass is 452 g/mol. The predicted molar refractivity (Wildman–Crippen MR) is 115 cm³/mol. The summed E-state index contributed by atoms with van der Waals surface area (Å²) in [6.45, 7) is 6.30. The Labute approximate surface area is 184 Å². The minimum absolute atomic E-state index is 0.0698. The van der Waals surface area contributed by atoms with Crippen molar-refractivity contribution in [2.75, 3.05) is 39.4 Å². The average molecular weight is 453 g/mol. The maximum absolute atomic E-state index is 12.9. The van der Waals surface area contributed by atoms with Gasteiger partial charge in [0.05, 0.1) is 24.0 Å². The number of ether oxygens (including phenoxy) is 2. The molecule has 1 aromatic rings. The molecule has 3 rings (SSSR count). The molecule has 1 aromatic carbocycles. The van der Waals surface area contributed by atoms with E-state index in [1.165, 1.54) is 4.31 Å². The van der Waals surface area contributed by atoms with Gasteiger partial charge in [-0.3, -0.25) is 9.59 Å². The van der Waals surface area contributed by atoms with Crippen LogP contribution in [0.3, 0.4) is 0 Å². The maximum Gasteiger partial charge on any atom is 0.309 e. The molecule has 9 heteroatoms. The smallest absolute Gasteiger partial charge is 0.309 e. The van der Waals surface area contributed by atoms with E-state index in [0.29, 0.717) is 70.8 Å². The number of likely N-dealkylation sites (tertiary alicyclic amines) is 1. The molecule has 0 aliphatic carbocycles. The van der Waals surface area contributed by atoms with Gasteiger partial charge in [0.25, 0.3) is 0 Å². The van der Waals surface area contributed by atoms with E-state index in [1.54, 1.807) is 31.2 Å². The van der Waals surface area contributed by atoms with Gasteiger partial charge >= 0.3 is 5.97 Å². The van der Waals surface area contributed by atoms with E-state index < -0.39 is 10.0 Å². The molecule has 0 saturated carbocycles. The van der Waals surface area contributed by atoms with Crippen LogP contribution in [0.5, 0.6) is 5.75 Å². The highest BCUT2D eigenvalue weighted by Crippen LogP contribution is 2.28. The van der Waals surface area contributed by atoms with Crippen molar-refractivity contribution in [3.63, 3.8) is 0 Å². The molecule has 2 fully saturated rings. The van der Waals surface area contributed by atoms with Crippen molar-refractivity contribution in [2.24, 2.45) is 11.8 Å². The number of sulfonamides is 1. The third-order valence-electron chi connectivity index (χ3n) is 6.00. The number of hydrogen-bond donors (Lipinski definition) is 0. The second kappa shape index (κ2) is 10.5. The van der Waals surface area contributed by atoms with Crippen molar-refractivity contribution in [3.8, 4) is 5.75 Å². The van der Waals surface area contributed by atoms with Crippen LogP contribution in [0.1, 0.15) is 39.5 Å². The normalized spacial score (nSPS) is 19.2. The number of benzene rings is 1. The predicted octanol–water partition coefficient (Wildman–Crippen LogP) is 2.29. The largest absolute Gasteiger partial charge is 0.494 e. The van der Waals surface area contributed by atoms with E-state index >= 15 is 0 Å². The first-order valence-electron chi connectivity index (χ1n) is 11.0. The molecule has 0 radical (unpaired) electrons. The summed E-state index contributed by atoms with van der Waals surface area (Å²) >= 11 is 0. The van der Waals surface area contributed by atoms with Gasteiger partial charge < -0.3 is 14.4 Å². The quantitative estimate of drug-likeness (QED) is 0.590. The molecule has 0 N–H and O–H groups in total. The highest BCUT2D eigenvalue weighted by Gasteiger charge is 2.35. The molecule has 8 nitrogen and oxygen atoms in total. The average Bonchev–Trinajstić information content (AvgIpc) is 2.79. The van der Waals surface area contributed by atoms with Crippen LogP contribution in [0.2, 0.25) is 0 Å². The highest BCUT2D eigenvalue weighted by atomic mass is 32.2. The molecule has 2 heterocycles. The number of hydrogen-bond acceptors (Lipinski definition) is 6. The Bertz CT molecular complexity index is 854. The van der Waals surface area contributed by atoms with Crippen LogP contribution in [0.4, 0.5) is 0 Å². The number of rotatable bonds is 7. The summed E-state index contributed by atoms with van der Waals surface area (Å²) in [5.41, 5.74) is 0. The van der Waals surface area contributed by atoms with Crippen LogP contribution in [0, 0.1) is 11.8 Å². The van der Waals surface area contributed by atoms with Crippen LogP contribution in [-0.2, 0) is 24.3 Å². The fraction of sp³-hybridized carbons (Fsp3) is 0.636. The Hall–Kier alpha value is -2.13. The Morgan fingerprint density at radius 3 is 2.03 bits per heavy atom. The molecule has 0 aromatic heterocycles. The Morgan fingerprint density at radius 2 is 1.48 bits per heavy atom. The number of carbonyl (C=O) groups excluding carboxylic acids is 2. The molecule has 172 valence electrons. The van der Waals surface area contributed by atoms with Crippen molar-refractivity contribution in [3.05, 3.63) is 24.3 Å². The van der Waals surface area contributed by atoms with Crippen LogP contribution >= 0.6 is 0 Å². The molecule has 0 unspecified atom stereocenters. The summed E-state index contributed by atoms with van der Waals surface area (Å²) in [6, 6.07) is 6.44. The number of carbonyl (C=O) groups is 2. The molecule has 2 aliphatic rings. The maximum atomic E-state index is 12.9. The number of amides is 1. The Morgan fingerprint density at radius 1 is 0.903 bits per heavy atom. The van der Waals surface area contributed by atoms with E-state index in [2.05, 4.69) is 0 Å². The molecule has 1 amide bonds. The lowest BCUT2D eigenvalue weighted by molar-refractivity contribution is -0.152. The van der Waals surface area contributed by atoms with Crippen molar-refractivity contribution >= 4 is 21.9 Å². The van der Waals surface area contributed by atoms with E-state index in [9.17, 15) is 18.0 Å². The summed E-state index contributed by atoms with van der Waals surface area (Å²) in [7, 11) is -3.59. The second-order valence-corrected chi connectivity index (χ2v) is 9.87. The molecule has 0 spiro atoms. The molecule has 2 saturated heterocycles. The van der Waals surface area contributed by atoms with Crippen molar-refractivity contribution < 1.29 is 27.5 Å². The van der Waals surface area contributed by atoms with E-state index in [4.69, 9.17) is 9.47 Å². The molecule has 31 heavy (non-hydrogen) atoms. The van der Waals surface area contributed by atoms with Gasteiger partial charge in [-0.25, -0.2) is 8.42 Å². The first-order valence-corrected chi connectivity index (χ1v) is 12.5. The fourth-order valence-corrected chi connectivity index (χ4v) is 5.69. The third-order valence-corrected chi connectivity index (χ3v) is 7.92. The van der Waals surface area contributed by atoms with Gasteiger partial charge in [-0.15, -0.1) is 0 Å². The molecular weight excluding hydrogens is 420 g/mol. The summed E-state index contributed by atoms with van der Waals surface area (Å²) < 4.78 is 37.8. The zero-order valence-corrected chi connectivity index (χ0v) is 19.1. The lowest BCUT2D eigenvalue weighted by Crippen LogP contribution is -2.47. The molecule has 2 aliphatic heterocycles. The topological polar surface area (TPSA) is 93.2 Å². The Balaban J connectivity index is 1.52. The van der Waals surface area contributed by atoms with Gasteiger partial charge in [0, 0.05) is 32.1 Å². The van der Waals surface area contributed by atoms with E-state index in [1.807, 2.05) is 11.8 Å². The molecule has 0 atom stereocenters. The summed E-state index contributed by atoms with van der Waals surface area (Å²) in [4.78, 5) is 26.8. The van der Waals surface area contributed by atoms with Crippen molar-refractivity contribution in [1.82, 2.24) is 9.21 Å². The van der Waals surface area contributed by atoms with Crippen LogP contribution < -0.4 is 4.74 Å². The zero-order valence-electron chi connectivity index (χ0n) is 18.3. The van der Waals surface area contributed by atoms with Gasteiger partial charge in [0.15, 0.2) is 0 Å². The van der Waals surface area contributed by atoms with Gasteiger partial charge in [-0.2, -0.15) is 4.31 Å². The Kier molecular flexibility index (Phi) is 7.94. The summed E-state index contributed by atoms with van der Waals surface area (Å²) in [5.74, 6) is 0.219. The minimum atomic E-state index is -3.59. The third kappa shape index (κ3) is 5.57. The minimum Gasteiger partial charge on any atom is -0.494 e. The van der Waals surface area contributed by atoms with Crippen LogP contribution in [0.15, 0.2) is 29.2 Å². The lowest BCUT2D eigenvalue weighted by atomic mass is 9.92. The zero-order chi connectivity index (χ0) is 22.4. The number of piperidine rings is 2. The van der Waals surface area contributed by atoms with Gasteiger partial charge in [-0.1, -0.05) is 0 Å². The fourth-order valence-electron chi connectivity index (χ4n) is 4.22. The van der Waals surface area contributed by atoms with Crippen molar-refractivity contribution in [1.29, 1.82) is 0 Å². The lowest BCUT2D eigenvalue weighted by Gasteiger charge is -2.36. The standard InChI is InChI=1S/C22H32N2O6S/c1-3-29-19-5-7-20(8-6-19)31(27,28)24-15-11-17(12-16-24)21(25)23-13-9-18(10-14-23)22(26)30-4-2/h5-8,17-18H,3-4,9-16H2,1-2H3. The number of nitrogens with zero attached hydrogens (tertiary/aromatic N) is 2.